The minimum absolute atomic E-state index is 0.00499. The van der Waals surface area contributed by atoms with Crippen molar-refractivity contribution in [3.63, 3.8) is 0 Å². The third kappa shape index (κ3) is 6.62. The number of benzene rings is 2. The predicted molar refractivity (Wildman–Crippen MR) is 114 cm³/mol. The topological polar surface area (TPSA) is 102 Å². The van der Waals surface area contributed by atoms with Crippen molar-refractivity contribution in [1.29, 1.82) is 0 Å². The number of halogens is 3. The van der Waals surface area contributed by atoms with Crippen LogP contribution in [0.4, 0.5) is 0 Å². The van der Waals surface area contributed by atoms with Crippen LogP contribution < -0.4 is 9.47 Å². The number of methoxy groups -OCH3 is 1. The second-order valence-corrected chi connectivity index (χ2v) is 9.30. The zero-order valence-corrected chi connectivity index (χ0v) is 19.0. The number of ether oxygens (including phenoxy) is 3. The van der Waals surface area contributed by atoms with Gasteiger partial charge in [0, 0.05) is 7.11 Å². The van der Waals surface area contributed by atoms with Crippen molar-refractivity contribution >= 4 is 44.6 Å². The lowest BCUT2D eigenvalue weighted by Gasteiger charge is -2.14. The molecule has 2 rings (SSSR count). The van der Waals surface area contributed by atoms with Gasteiger partial charge in [0.25, 0.3) is 0 Å². The fourth-order valence-corrected chi connectivity index (χ4v) is 4.46. The van der Waals surface area contributed by atoms with Gasteiger partial charge in [-0.3, -0.25) is 0 Å². The Labute approximate surface area is 190 Å². The molecule has 2 aromatic carbocycles. The van der Waals surface area contributed by atoms with Gasteiger partial charge in [-0.1, -0.05) is 23.2 Å². The van der Waals surface area contributed by atoms with Crippen molar-refractivity contribution in [2.24, 2.45) is 0 Å². The molecule has 0 aliphatic carbocycles. The van der Waals surface area contributed by atoms with Crippen LogP contribution in [0.25, 0.3) is 0 Å². The number of alkyl halides is 1. The van der Waals surface area contributed by atoms with E-state index < -0.39 is 22.0 Å². The second-order valence-electron chi connectivity index (χ2n) is 6.23. The van der Waals surface area contributed by atoms with E-state index in [9.17, 15) is 18.6 Å². The van der Waals surface area contributed by atoms with Gasteiger partial charge in [0.05, 0.1) is 32.3 Å². The Morgan fingerprint density at radius 1 is 0.900 bits per heavy atom. The molecule has 0 unspecified atom stereocenters. The number of rotatable bonds is 11. The van der Waals surface area contributed by atoms with Gasteiger partial charge in [-0.05, 0) is 36.4 Å². The Bertz CT molecular complexity index is 913. The first-order valence-electron chi connectivity index (χ1n) is 8.69. The average Bonchev–Trinajstić information content (AvgIpc) is 2.71. The van der Waals surface area contributed by atoms with Crippen LogP contribution in [-0.2, 0) is 14.6 Å². The normalized spacial score (nSPS) is 13.7. The van der Waals surface area contributed by atoms with Crippen LogP contribution >= 0.6 is 34.8 Å². The van der Waals surface area contributed by atoms with E-state index in [1.165, 1.54) is 43.5 Å². The van der Waals surface area contributed by atoms with Crippen molar-refractivity contribution in [1.82, 2.24) is 0 Å². The molecule has 0 heterocycles. The van der Waals surface area contributed by atoms with Crippen molar-refractivity contribution in [2.75, 3.05) is 32.8 Å². The maximum atomic E-state index is 12.9. The molecule has 11 heteroatoms. The van der Waals surface area contributed by atoms with Crippen LogP contribution in [0.2, 0.25) is 10.0 Å². The molecular weight excluding hydrogens is 479 g/mol. The minimum atomic E-state index is -3.91. The lowest BCUT2D eigenvalue weighted by atomic mass is 10.3. The van der Waals surface area contributed by atoms with E-state index >= 15 is 0 Å². The molecule has 166 valence electrons. The molecule has 2 N–H and O–H groups in total. The first-order valence-corrected chi connectivity index (χ1v) is 11.5. The molecule has 0 amide bonds. The van der Waals surface area contributed by atoms with E-state index in [0.717, 1.165) is 0 Å². The van der Waals surface area contributed by atoms with Gasteiger partial charge in [-0.2, -0.15) is 0 Å². The smallest absolute Gasteiger partial charge is 0.206 e. The Kier molecular flexibility index (Phi) is 9.49. The van der Waals surface area contributed by atoms with Gasteiger partial charge >= 0.3 is 0 Å². The SMILES string of the molecule is COC[C@H](O)COc1ccc(S(=O)(=O)c2cc(Cl)c(OC[C@H](O)CCl)c(Cl)c2)cc1. The van der Waals surface area contributed by atoms with Gasteiger partial charge in [-0.15, -0.1) is 11.6 Å². The Morgan fingerprint density at radius 2 is 1.47 bits per heavy atom. The van der Waals surface area contributed by atoms with Gasteiger partial charge in [0.15, 0.2) is 5.75 Å². The van der Waals surface area contributed by atoms with Crippen LogP contribution in [0.5, 0.6) is 11.5 Å². The van der Waals surface area contributed by atoms with E-state index in [1.54, 1.807) is 0 Å². The summed E-state index contributed by atoms with van der Waals surface area (Å²) < 4.78 is 41.4. The van der Waals surface area contributed by atoms with Gasteiger partial charge in [0.2, 0.25) is 9.84 Å². The van der Waals surface area contributed by atoms with Gasteiger partial charge in [-0.25, -0.2) is 8.42 Å². The van der Waals surface area contributed by atoms with Crippen LogP contribution in [0.1, 0.15) is 0 Å². The van der Waals surface area contributed by atoms with Crippen molar-refractivity contribution in [3.8, 4) is 11.5 Å². The average molecular weight is 500 g/mol. The van der Waals surface area contributed by atoms with E-state index in [1.807, 2.05) is 0 Å². The molecule has 0 saturated carbocycles. The highest BCUT2D eigenvalue weighted by atomic mass is 35.5. The molecule has 2 aromatic rings. The van der Waals surface area contributed by atoms with Crippen LogP contribution in [-0.4, -0.2) is 63.6 Å². The molecular formula is C19H21Cl3O7S. The number of hydrogen-bond donors (Lipinski definition) is 2. The lowest BCUT2D eigenvalue weighted by molar-refractivity contribution is 0.0325. The maximum Gasteiger partial charge on any atom is 0.206 e. The number of aliphatic hydroxyl groups is 2. The first-order chi connectivity index (χ1) is 14.2. The summed E-state index contributed by atoms with van der Waals surface area (Å²) in [5.41, 5.74) is 0. The van der Waals surface area contributed by atoms with E-state index in [0.29, 0.717) is 5.75 Å². The number of hydrogen-bond acceptors (Lipinski definition) is 7. The molecule has 7 nitrogen and oxygen atoms in total. The molecule has 0 radical (unpaired) electrons. The predicted octanol–water partition coefficient (Wildman–Crippen LogP) is 3.19. The summed E-state index contributed by atoms with van der Waals surface area (Å²) in [5, 5.41) is 19.0. The standard InChI is InChI=1S/C19H21Cl3O7S/c1-27-9-13(24)11-28-14-2-4-15(5-3-14)30(25,26)16-6-17(21)19(18(22)7-16)29-10-12(23)8-20/h2-7,12-13,23-24H,8-11H2,1H3/t12-,13+/m1/s1. The summed E-state index contributed by atoms with van der Waals surface area (Å²) in [6.07, 6.45) is -1.72. The molecule has 0 spiro atoms. The van der Waals surface area contributed by atoms with Gasteiger partial charge < -0.3 is 24.4 Å². The zero-order chi connectivity index (χ0) is 22.3. The Hall–Kier alpha value is -1.26. The largest absolute Gasteiger partial charge is 0.491 e. The van der Waals surface area contributed by atoms with Crippen molar-refractivity contribution in [3.05, 3.63) is 46.4 Å². The highest BCUT2D eigenvalue weighted by Gasteiger charge is 2.22. The Morgan fingerprint density at radius 3 is 2.00 bits per heavy atom. The van der Waals surface area contributed by atoms with Crippen LogP contribution in [0.3, 0.4) is 0 Å². The number of aliphatic hydroxyl groups excluding tert-OH is 2. The van der Waals surface area contributed by atoms with Crippen molar-refractivity contribution in [2.45, 2.75) is 22.0 Å². The highest BCUT2D eigenvalue weighted by Crippen LogP contribution is 2.37. The highest BCUT2D eigenvalue weighted by molar-refractivity contribution is 7.91. The molecule has 2 atom stereocenters. The summed E-state index contributed by atoms with van der Waals surface area (Å²) in [4.78, 5) is -0.113. The molecule has 0 saturated heterocycles. The van der Waals surface area contributed by atoms with Gasteiger partial charge in [0.1, 0.15) is 31.2 Å². The third-order valence-electron chi connectivity index (χ3n) is 3.82. The molecule has 30 heavy (non-hydrogen) atoms. The molecule has 0 aliphatic rings. The van der Waals surface area contributed by atoms with E-state index in [2.05, 4.69) is 0 Å². The Balaban J connectivity index is 2.18. The first kappa shape index (κ1) is 25.0. The monoisotopic (exact) mass is 498 g/mol. The van der Waals surface area contributed by atoms with E-state index in [4.69, 9.17) is 49.0 Å². The molecule has 0 aliphatic heterocycles. The molecule has 0 bridgehead atoms. The number of sulfone groups is 1. The summed E-state index contributed by atoms with van der Waals surface area (Å²) in [7, 11) is -2.45. The zero-order valence-electron chi connectivity index (χ0n) is 15.9. The minimum Gasteiger partial charge on any atom is -0.491 e. The van der Waals surface area contributed by atoms with Crippen molar-refractivity contribution < 1.29 is 32.8 Å². The quantitative estimate of drug-likeness (QED) is 0.458. The fourth-order valence-electron chi connectivity index (χ4n) is 2.34. The second kappa shape index (κ2) is 11.4. The lowest BCUT2D eigenvalue weighted by Crippen LogP contribution is -2.22. The maximum absolute atomic E-state index is 12.9. The van der Waals surface area contributed by atoms with E-state index in [-0.39, 0.29) is 51.3 Å². The molecule has 0 fully saturated rings. The van der Waals surface area contributed by atoms with Crippen LogP contribution in [0.15, 0.2) is 46.2 Å². The summed E-state index contributed by atoms with van der Waals surface area (Å²) >= 11 is 17.8. The summed E-state index contributed by atoms with van der Waals surface area (Å²) in [6.45, 7) is -0.0147. The summed E-state index contributed by atoms with van der Waals surface area (Å²) in [5.74, 6) is 0.411. The fraction of sp³-hybridized carbons (Fsp3) is 0.368. The summed E-state index contributed by atoms with van der Waals surface area (Å²) in [6, 6.07) is 8.13. The van der Waals surface area contributed by atoms with Crippen LogP contribution in [0, 0.1) is 0 Å². The third-order valence-corrected chi connectivity index (χ3v) is 6.48. The molecule has 0 aromatic heterocycles.